The van der Waals surface area contributed by atoms with Crippen molar-refractivity contribution in [2.45, 2.75) is 38.8 Å². The molecule has 1 amide bonds. The molecule has 0 saturated heterocycles. The number of aromatic nitrogens is 2. The van der Waals surface area contributed by atoms with E-state index in [2.05, 4.69) is 20.6 Å². The SMILES string of the molecule is CC[C@@H](CO)NC(=O)c1nc2ccc(N[C@H](CC)CO)nc2s1. The fourth-order valence-electron chi connectivity index (χ4n) is 2.00. The van der Waals surface area contributed by atoms with E-state index in [4.69, 9.17) is 5.11 Å². The lowest BCUT2D eigenvalue weighted by atomic mass is 10.2. The van der Waals surface area contributed by atoms with E-state index in [1.54, 1.807) is 12.1 Å². The summed E-state index contributed by atoms with van der Waals surface area (Å²) in [6, 6.07) is 3.26. The number of amides is 1. The first kappa shape index (κ1) is 17.6. The topological polar surface area (TPSA) is 107 Å². The average molecular weight is 338 g/mol. The zero-order chi connectivity index (χ0) is 16.8. The Kier molecular flexibility index (Phi) is 6.26. The zero-order valence-electron chi connectivity index (χ0n) is 13.2. The second kappa shape index (κ2) is 8.19. The molecule has 4 N–H and O–H groups in total. The number of carbonyl (C=O) groups excluding carboxylic acids is 1. The molecular formula is C15H22N4O3S. The van der Waals surface area contributed by atoms with Crippen molar-refractivity contribution in [3.8, 4) is 0 Å². The monoisotopic (exact) mass is 338 g/mol. The lowest BCUT2D eigenvalue weighted by Gasteiger charge is -2.14. The van der Waals surface area contributed by atoms with Crippen molar-refractivity contribution in [3.63, 3.8) is 0 Å². The molecule has 8 heteroatoms. The van der Waals surface area contributed by atoms with Gasteiger partial charge in [-0.25, -0.2) is 9.97 Å². The third-order valence-corrected chi connectivity index (χ3v) is 4.53. The Balaban J connectivity index is 2.17. The van der Waals surface area contributed by atoms with Gasteiger partial charge in [-0.05, 0) is 25.0 Å². The highest BCUT2D eigenvalue weighted by molar-refractivity contribution is 7.19. The van der Waals surface area contributed by atoms with Gasteiger partial charge < -0.3 is 20.8 Å². The number of anilines is 1. The number of nitrogens with zero attached hydrogens (tertiary/aromatic N) is 2. The number of fused-ring (bicyclic) bond motifs is 1. The van der Waals surface area contributed by atoms with Crippen LogP contribution in [-0.4, -0.2) is 51.4 Å². The molecule has 2 heterocycles. The standard InChI is InChI=1S/C15H22N4O3S/c1-3-9(7-20)16-12-6-5-11-14(19-12)23-15(18-11)13(22)17-10(4-2)8-21/h5-6,9-10,20-21H,3-4,7-8H2,1-2H3,(H,16,19)(H,17,22)/t9-,10+/m1/s1. The number of carbonyl (C=O) groups is 1. The predicted octanol–water partition coefficient (Wildman–Crippen LogP) is 1.37. The van der Waals surface area contributed by atoms with Crippen molar-refractivity contribution in [1.29, 1.82) is 0 Å². The van der Waals surface area contributed by atoms with E-state index in [9.17, 15) is 9.90 Å². The molecule has 2 aromatic heterocycles. The van der Waals surface area contributed by atoms with Gasteiger partial charge in [0, 0.05) is 0 Å². The van der Waals surface area contributed by atoms with Gasteiger partial charge in [0.05, 0.1) is 25.3 Å². The van der Waals surface area contributed by atoms with Gasteiger partial charge in [-0.15, -0.1) is 0 Å². The number of rotatable bonds is 8. The Bertz CT molecular complexity index is 653. The van der Waals surface area contributed by atoms with E-state index < -0.39 is 0 Å². The maximum atomic E-state index is 12.1. The minimum atomic E-state index is -0.301. The Morgan fingerprint density at radius 3 is 2.48 bits per heavy atom. The van der Waals surface area contributed by atoms with E-state index in [0.29, 0.717) is 27.6 Å². The van der Waals surface area contributed by atoms with Crippen LogP contribution in [-0.2, 0) is 0 Å². The molecule has 0 radical (unpaired) electrons. The number of thiazole rings is 1. The number of hydrogen-bond acceptors (Lipinski definition) is 7. The van der Waals surface area contributed by atoms with Crippen molar-refractivity contribution < 1.29 is 15.0 Å². The van der Waals surface area contributed by atoms with E-state index >= 15 is 0 Å². The van der Waals surface area contributed by atoms with Crippen molar-refractivity contribution in [2.75, 3.05) is 18.5 Å². The highest BCUT2D eigenvalue weighted by Crippen LogP contribution is 2.22. The first-order valence-electron chi connectivity index (χ1n) is 7.67. The fourth-order valence-corrected chi connectivity index (χ4v) is 2.85. The van der Waals surface area contributed by atoms with Crippen LogP contribution in [0.5, 0.6) is 0 Å². The van der Waals surface area contributed by atoms with Crippen molar-refractivity contribution in [3.05, 3.63) is 17.1 Å². The highest BCUT2D eigenvalue weighted by atomic mass is 32.1. The van der Waals surface area contributed by atoms with E-state index in [-0.39, 0.29) is 31.2 Å². The second-order valence-corrected chi connectivity index (χ2v) is 6.21. The molecule has 2 atom stereocenters. The Hall–Kier alpha value is -1.77. The molecule has 0 saturated carbocycles. The minimum absolute atomic E-state index is 0.0339. The molecule has 7 nitrogen and oxygen atoms in total. The molecule has 0 bridgehead atoms. The first-order chi connectivity index (χ1) is 11.1. The predicted molar refractivity (Wildman–Crippen MR) is 90.8 cm³/mol. The lowest BCUT2D eigenvalue weighted by Crippen LogP contribution is -2.36. The van der Waals surface area contributed by atoms with Crippen molar-refractivity contribution in [2.24, 2.45) is 0 Å². The number of hydrogen-bond donors (Lipinski definition) is 4. The van der Waals surface area contributed by atoms with E-state index in [1.165, 1.54) is 11.3 Å². The smallest absolute Gasteiger partial charge is 0.280 e. The lowest BCUT2D eigenvalue weighted by molar-refractivity contribution is 0.0915. The molecule has 2 aromatic rings. The third-order valence-electron chi connectivity index (χ3n) is 3.56. The van der Waals surface area contributed by atoms with Gasteiger partial charge in [-0.1, -0.05) is 25.2 Å². The average Bonchev–Trinajstić information content (AvgIpc) is 3.00. The molecule has 0 aromatic carbocycles. The van der Waals surface area contributed by atoms with Crippen molar-refractivity contribution in [1.82, 2.24) is 15.3 Å². The zero-order valence-corrected chi connectivity index (χ0v) is 14.1. The van der Waals surface area contributed by atoms with Crippen LogP contribution in [0.1, 0.15) is 36.5 Å². The quantitative estimate of drug-likeness (QED) is 0.579. The van der Waals surface area contributed by atoms with Gasteiger partial charge in [-0.3, -0.25) is 4.79 Å². The van der Waals surface area contributed by atoms with Crippen LogP contribution in [0.15, 0.2) is 12.1 Å². The molecule has 0 unspecified atom stereocenters. The van der Waals surface area contributed by atoms with Crippen LogP contribution in [0.25, 0.3) is 10.3 Å². The molecular weight excluding hydrogens is 316 g/mol. The van der Waals surface area contributed by atoms with Crippen LogP contribution in [0.3, 0.4) is 0 Å². The molecule has 2 rings (SSSR count). The number of aliphatic hydroxyl groups excluding tert-OH is 2. The van der Waals surface area contributed by atoms with Crippen LogP contribution in [0.2, 0.25) is 0 Å². The minimum Gasteiger partial charge on any atom is -0.394 e. The van der Waals surface area contributed by atoms with Gasteiger partial charge in [0.25, 0.3) is 5.91 Å². The van der Waals surface area contributed by atoms with Crippen LogP contribution in [0, 0.1) is 0 Å². The van der Waals surface area contributed by atoms with E-state index in [0.717, 1.165) is 6.42 Å². The summed E-state index contributed by atoms with van der Waals surface area (Å²) in [6.45, 7) is 3.81. The number of pyridine rings is 1. The van der Waals surface area contributed by atoms with Gasteiger partial charge in [0.2, 0.25) is 0 Å². The largest absolute Gasteiger partial charge is 0.394 e. The summed E-state index contributed by atoms with van der Waals surface area (Å²) in [6.07, 6.45) is 1.44. The summed E-state index contributed by atoms with van der Waals surface area (Å²) in [5.74, 6) is 0.348. The summed E-state index contributed by atoms with van der Waals surface area (Å²) < 4.78 is 0. The van der Waals surface area contributed by atoms with Crippen molar-refractivity contribution >= 4 is 33.4 Å². The Morgan fingerprint density at radius 1 is 1.17 bits per heavy atom. The van der Waals surface area contributed by atoms with Gasteiger partial charge in [0.1, 0.15) is 16.2 Å². The van der Waals surface area contributed by atoms with Gasteiger partial charge in [0.15, 0.2) is 5.01 Å². The van der Waals surface area contributed by atoms with Crippen LogP contribution >= 0.6 is 11.3 Å². The summed E-state index contributed by atoms with van der Waals surface area (Å²) in [5, 5.41) is 24.6. The Morgan fingerprint density at radius 2 is 1.87 bits per heavy atom. The number of nitrogens with one attached hydrogen (secondary N) is 2. The van der Waals surface area contributed by atoms with Gasteiger partial charge >= 0.3 is 0 Å². The molecule has 0 aliphatic rings. The third kappa shape index (κ3) is 4.37. The molecule has 0 aliphatic heterocycles. The highest BCUT2D eigenvalue weighted by Gasteiger charge is 2.16. The second-order valence-electron chi connectivity index (χ2n) is 5.23. The maximum absolute atomic E-state index is 12.1. The summed E-state index contributed by atoms with van der Waals surface area (Å²) in [4.78, 5) is 21.5. The number of aliphatic hydroxyl groups is 2. The first-order valence-corrected chi connectivity index (χ1v) is 8.49. The fraction of sp³-hybridized carbons (Fsp3) is 0.533. The van der Waals surface area contributed by atoms with Gasteiger partial charge in [-0.2, -0.15) is 0 Å². The van der Waals surface area contributed by atoms with Crippen LogP contribution < -0.4 is 10.6 Å². The molecule has 0 spiro atoms. The summed E-state index contributed by atoms with van der Waals surface area (Å²) >= 11 is 1.21. The molecule has 23 heavy (non-hydrogen) atoms. The Labute approximate surface area is 138 Å². The summed E-state index contributed by atoms with van der Waals surface area (Å²) in [7, 11) is 0. The van der Waals surface area contributed by atoms with E-state index in [1.807, 2.05) is 13.8 Å². The normalized spacial score (nSPS) is 13.7. The molecule has 0 fully saturated rings. The summed E-state index contributed by atoms with van der Waals surface area (Å²) in [5.41, 5.74) is 0.653. The molecule has 126 valence electrons. The van der Waals surface area contributed by atoms with Crippen LogP contribution in [0.4, 0.5) is 5.82 Å². The maximum Gasteiger partial charge on any atom is 0.280 e. The molecule has 0 aliphatic carbocycles.